The summed E-state index contributed by atoms with van der Waals surface area (Å²) in [5.74, 6) is -0.198. The minimum absolute atomic E-state index is 0.0946. The summed E-state index contributed by atoms with van der Waals surface area (Å²) < 4.78 is 40.1. The van der Waals surface area contributed by atoms with E-state index >= 15 is 0 Å². The van der Waals surface area contributed by atoms with E-state index in [1.807, 2.05) is 24.3 Å². The number of halogens is 3. The highest BCUT2D eigenvalue weighted by Gasteiger charge is 2.35. The summed E-state index contributed by atoms with van der Waals surface area (Å²) in [5, 5.41) is 5.72. The number of rotatable bonds is 9. The van der Waals surface area contributed by atoms with Crippen LogP contribution in [-0.4, -0.2) is 9.97 Å². The number of unbranched alkanes of at least 4 members (excludes halogenated alkanes) is 3. The largest absolute Gasteiger partial charge is 0.421 e. The summed E-state index contributed by atoms with van der Waals surface area (Å²) in [6, 6.07) is 16.4. The van der Waals surface area contributed by atoms with E-state index in [0.29, 0.717) is 5.69 Å². The second-order valence-corrected chi connectivity index (χ2v) is 7.08. The summed E-state index contributed by atoms with van der Waals surface area (Å²) in [5.41, 5.74) is 1.55. The van der Waals surface area contributed by atoms with E-state index < -0.39 is 11.7 Å². The van der Waals surface area contributed by atoms with Gasteiger partial charge in [0.2, 0.25) is 5.95 Å². The van der Waals surface area contributed by atoms with Crippen LogP contribution in [0.1, 0.15) is 43.7 Å². The van der Waals surface area contributed by atoms with Gasteiger partial charge in [0.25, 0.3) is 0 Å². The van der Waals surface area contributed by atoms with Gasteiger partial charge in [-0.25, -0.2) is 4.98 Å². The normalized spacial score (nSPS) is 11.3. The predicted octanol–water partition coefficient (Wildman–Crippen LogP) is 7.11. The summed E-state index contributed by atoms with van der Waals surface area (Å²) in [6.07, 6.45) is 2.06. The molecule has 0 aliphatic carbocycles. The SMILES string of the molecule is CCCCCCc1ccc(Nc2ncc(C(F)(F)F)c(Nc3ccccc3)n2)cc1. The van der Waals surface area contributed by atoms with Gasteiger partial charge < -0.3 is 10.6 Å². The summed E-state index contributed by atoms with van der Waals surface area (Å²) >= 11 is 0. The molecule has 0 saturated heterocycles. The fourth-order valence-electron chi connectivity index (χ4n) is 3.04. The highest BCUT2D eigenvalue weighted by atomic mass is 19.4. The van der Waals surface area contributed by atoms with Gasteiger partial charge in [-0.1, -0.05) is 56.5 Å². The third-order valence-corrected chi connectivity index (χ3v) is 4.66. The van der Waals surface area contributed by atoms with Gasteiger partial charge in [-0.05, 0) is 42.7 Å². The Morgan fingerprint density at radius 3 is 2.20 bits per heavy atom. The smallest absolute Gasteiger partial charge is 0.340 e. The van der Waals surface area contributed by atoms with Crippen LogP contribution in [0.15, 0.2) is 60.8 Å². The number of alkyl halides is 3. The van der Waals surface area contributed by atoms with Gasteiger partial charge in [0.15, 0.2) is 0 Å². The zero-order chi connectivity index (χ0) is 21.4. The quantitative estimate of drug-likeness (QED) is 0.367. The summed E-state index contributed by atoms with van der Waals surface area (Å²) in [6.45, 7) is 2.19. The molecule has 0 aliphatic rings. The van der Waals surface area contributed by atoms with Crippen molar-refractivity contribution in [1.82, 2.24) is 9.97 Å². The van der Waals surface area contributed by atoms with Gasteiger partial charge in [-0.3, -0.25) is 0 Å². The lowest BCUT2D eigenvalue weighted by Crippen LogP contribution is -2.12. The molecule has 0 atom stereocenters. The topological polar surface area (TPSA) is 49.8 Å². The maximum Gasteiger partial charge on any atom is 0.421 e. The molecule has 0 fully saturated rings. The van der Waals surface area contributed by atoms with Crippen molar-refractivity contribution in [2.45, 2.75) is 45.2 Å². The average molecular weight is 414 g/mol. The number of para-hydroxylation sites is 1. The maximum absolute atomic E-state index is 13.4. The van der Waals surface area contributed by atoms with E-state index in [4.69, 9.17) is 0 Å². The summed E-state index contributed by atoms with van der Waals surface area (Å²) in [7, 11) is 0. The Labute approximate surface area is 174 Å². The predicted molar refractivity (Wildman–Crippen MR) is 114 cm³/mol. The minimum Gasteiger partial charge on any atom is -0.340 e. The van der Waals surface area contributed by atoms with Gasteiger partial charge >= 0.3 is 6.18 Å². The van der Waals surface area contributed by atoms with Crippen LogP contribution in [0.2, 0.25) is 0 Å². The van der Waals surface area contributed by atoms with Crippen LogP contribution in [0.3, 0.4) is 0 Å². The number of anilines is 4. The average Bonchev–Trinajstić information content (AvgIpc) is 2.72. The van der Waals surface area contributed by atoms with Gasteiger partial charge in [-0.15, -0.1) is 0 Å². The Hall–Kier alpha value is -3.09. The molecule has 4 nitrogen and oxygen atoms in total. The van der Waals surface area contributed by atoms with Gasteiger partial charge in [-0.2, -0.15) is 18.2 Å². The fourth-order valence-corrected chi connectivity index (χ4v) is 3.04. The van der Waals surface area contributed by atoms with E-state index in [1.165, 1.54) is 24.8 Å². The summed E-state index contributed by atoms with van der Waals surface area (Å²) in [4.78, 5) is 7.92. The monoisotopic (exact) mass is 414 g/mol. The number of hydrogen-bond donors (Lipinski definition) is 2. The van der Waals surface area contributed by atoms with E-state index in [-0.39, 0.29) is 11.8 Å². The maximum atomic E-state index is 13.4. The van der Waals surface area contributed by atoms with E-state index in [9.17, 15) is 13.2 Å². The zero-order valence-corrected chi connectivity index (χ0v) is 16.8. The third-order valence-electron chi connectivity index (χ3n) is 4.66. The molecular formula is C23H25F3N4. The Morgan fingerprint density at radius 1 is 0.833 bits per heavy atom. The first kappa shape index (κ1) is 21.6. The minimum atomic E-state index is -4.56. The van der Waals surface area contributed by atoms with Gasteiger partial charge in [0.05, 0.1) is 0 Å². The number of benzene rings is 2. The molecule has 0 amide bonds. The Kier molecular flexibility index (Phi) is 7.27. The zero-order valence-electron chi connectivity index (χ0n) is 16.8. The lowest BCUT2D eigenvalue weighted by molar-refractivity contribution is -0.137. The van der Waals surface area contributed by atoms with Crippen LogP contribution in [-0.2, 0) is 12.6 Å². The van der Waals surface area contributed by atoms with Crippen LogP contribution in [0.25, 0.3) is 0 Å². The van der Waals surface area contributed by atoms with Crippen molar-refractivity contribution in [2.24, 2.45) is 0 Å². The second-order valence-electron chi connectivity index (χ2n) is 7.08. The van der Waals surface area contributed by atoms with Crippen molar-refractivity contribution >= 4 is 23.1 Å². The molecule has 7 heteroatoms. The van der Waals surface area contributed by atoms with Crippen molar-refractivity contribution < 1.29 is 13.2 Å². The Morgan fingerprint density at radius 2 is 1.53 bits per heavy atom. The molecular weight excluding hydrogens is 389 g/mol. The molecule has 0 spiro atoms. The molecule has 2 aromatic carbocycles. The first-order chi connectivity index (χ1) is 14.5. The fraction of sp³-hybridized carbons (Fsp3) is 0.304. The van der Waals surface area contributed by atoms with Gasteiger partial charge in [0, 0.05) is 17.6 Å². The van der Waals surface area contributed by atoms with Crippen LogP contribution < -0.4 is 10.6 Å². The van der Waals surface area contributed by atoms with Crippen LogP contribution in [0.5, 0.6) is 0 Å². The molecule has 158 valence electrons. The number of nitrogens with zero attached hydrogens (tertiary/aromatic N) is 2. The van der Waals surface area contributed by atoms with Crippen molar-refractivity contribution in [3.63, 3.8) is 0 Å². The first-order valence-electron chi connectivity index (χ1n) is 10.1. The highest BCUT2D eigenvalue weighted by molar-refractivity contribution is 5.62. The molecule has 3 rings (SSSR count). The van der Waals surface area contributed by atoms with Crippen molar-refractivity contribution in [3.05, 3.63) is 71.9 Å². The van der Waals surface area contributed by atoms with Crippen LogP contribution in [0, 0.1) is 0 Å². The first-order valence-corrected chi connectivity index (χ1v) is 10.1. The molecule has 2 N–H and O–H groups in total. The molecule has 0 bridgehead atoms. The number of nitrogens with one attached hydrogen (secondary N) is 2. The number of hydrogen-bond acceptors (Lipinski definition) is 4. The van der Waals surface area contributed by atoms with E-state index in [1.54, 1.807) is 30.3 Å². The third kappa shape index (κ3) is 6.20. The van der Waals surface area contributed by atoms with Crippen LogP contribution in [0.4, 0.5) is 36.3 Å². The standard InChI is InChI=1S/C23H25F3N4/c1-2-3-4-6-9-17-12-14-19(15-13-17)29-22-27-16-20(23(24,25)26)21(30-22)28-18-10-7-5-8-11-18/h5,7-8,10-16H,2-4,6,9H2,1H3,(H2,27,28,29,30). The van der Waals surface area contributed by atoms with Crippen molar-refractivity contribution in [2.75, 3.05) is 10.6 Å². The highest BCUT2D eigenvalue weighted by Crippen LogP contribution is 2.35. The lowest BCUT2D eigenvalue weighted by atomic mass is 10.1. The van der Waals surface area contributed by atoms with E-state index in [0.717, 1.165) is 24.7 Å². The molecule has 0 radical (unpaired) electrons. The van der Waals surface area contributed by atoms with Gasteiger partial charge in [0.1, 0.15) is 11.4 Å². The Bertz CT molecular complexity index is 925. The molecule has 0 unspecified atom stereocenters. The lowest BCUT2D eigenvalue weighted by Gasteiger charge is -2.15. The molecule has 0 saturated carbocycles. The molecule has 3 aromatic rings. The van der Waals surface area contributed by atoms with E-state index in [2.05, 4.69) is 27.5 Å². The van der Waals surface area contributed by atoms with Crippen LogP contribution >= 0.6 is 0 Å². The second kappa shape index (κ2) is 10.1. The molecule has 30 heavy (non-hydrogen) atoms. The molecule has 1 heterocycles. The van der Waals surface area contributed by atoms with Crippen molar-refractivity contribution in [3.8, 4) is 0 Å². The molecule has 0 aliphatic heterocycles. The number of aromatic nitrogens is 2. The van der Waals surface area contributed by atoms with Crippen molar-refractivity contribution in [1.29, 1.82) is 0 Å². The Balaban J connectivity index is 1.73. The molecule has 1 aromatic heterocycles. The number of aryl methyl sites for hydroxylation is 1.